The van der Waals surface area contributed by atoms with Crippen LogP contribution in [0.25, 0.3) is 0 Å². The maximum absolute atomic E-state index is 13.3. The molecule has 7 nitrogen and oxygen atoms in total. The number of urea groups is 1. The normalized spacial score (nSPS) is 15.5. The Bertz CT molecular complexity index is 1270. The molecule has 0 saturated carbocycles. The maximum atomic E-state index is 13.3. The SMILES string of the molecule is CC1=C(C(=O)OCc2ccccc2)C(c2ccc(Cl)cc2)NC(=O)N1Cc1ccc(C(=O)O)cc1. The number of carbonyl (C=O) groups is 3. The van der Waals surface area contributed by atoms with Crippen LogP contribution in [0.15, 0.2) is 90.1 Å². The molecule has 2 amide bonds. The van der Waals surface area contributed by atoms with Crippen molar-refractivity contribution in [2.75, 3.05) is 0 Å². The average Bonchev–Trinajstić information content (AvgIpc) is 2.86. The van der Waals surface area contributed by atoms with Gasteiger partial charge in [0.2, 0.25) is 0 Å². The Morgan fingerprint density at radius 2 is 1.63 bits per heavy atom. The van der Waals surface area contributed by atoms with E-state index in [9.17, 15) is 14.4 Å². The molecule has 0 bridgehead atoms. The van der Waals surface area contributed by atoms with Crippen molar-refractivity contribution in [2.45, 2.75) is 26.1 Å². The molecule has 8 heteroatoms. The van der Waals surface area contributed by atoms with E-state index in [0.29, 0.717) is 27.4 Å². The van der Waals surface area contributed by atoms with Crippen LogP contribution >= 0.6 is 11.6 Å². The van der Waals surface area contributed by atoms with Crippen molar-refractivity contribution < 1.29 is 24.2 Å². The molecule has 0 aliphatic carbocycles. The van der Waals surface area contributed by atoms with Gasteiger partial charge in [0.05, 0.1) is 23.7 Å². The monoisotopic (exact) mass is 490 g/mol. The van der Waals surface area contributed by atoms with Crippen LogP contribution in [-0.4, -0.2) is 28.0 Å². The molecule has 0 fully saturated rings. The fourth-order valence-electron chi connectivity index (χ4n) is 3.88. The lowest BCUT2D eigenvalue weighted by Crippen LogP contribution is -2.47. The fraction of sp³-hybridized carbons (Fsp3) is 0.148. The van der Waals surface area contributed by atoms with E-state index < -0.39 is 18.0 Å². The molecule has 1 atom stereocenters. The predicted octanol–water partition coefficient (Wildman–Crippen LogP) is 5.32. The lowest BCUT2D eigenvalue weighted by Gasteiger charge is -2.35. The number of carboxylic acids is 1. The van der Waals surface area contributed by atoms with Crippen LogP contribution < -0.4 is 5.32 Å². The van der Waals surface area contributed by atoms with Crippen LogP contribution in [0.1, 0.15) is 40.0 Å². The summed E-state index contributed by atoms with van der Waals surface area (Å²) in [5.74, 6) is -1.57. The summed E-state index contributed by atoms with van der Waals surface area (Å²) >= 11 is 6.03. The summed E-state index contributed by atoms with van der Waals surface area (Å²) in [5, 5.41) is 12.6. The van der Waals surface area contributed by atoms with Gasteiger partial charge in [0.25, 0.3) is 0 Å². The molecule has 3 aromatic rings. The number of nitrogens with one attached hydrogen (secondary N) is 1. The molecule has 178 valence electrons. The van der Waals surface area contributed by atoms with Crippen molar-refractivity contribution in [1.29, 1.82) is 0 Å². The first-order valence-electron chi connectivity index (χ1n) is 10.9. The molecule has 0 radical (unpaired) electrons. The predicted molar refractivity (Wildman–Crippen MR) is 131 cm³/mol. The standard InChI is InChI=1S/C27H23ClN2O5/c1-17-23(26(33)35-16-19-5-3-2-4-6-19)24(20-11-13-22(28)14-12-20)29-27(34)30(17)15-18-7-9-21(10-8-18)25(31)32/h2-14,24H,15-16H2,1H3,(H,29,34)(H,31,32). The highest BCUT2D eigenvalue weighted by atomic mass is 35.5. The van der Waals surface area contributed by atoms with E-state index in [0.717, 1.165) is 5.56 Å². The van der Waals surface area contributed by atoms with Crippen LogP contribution in [0.3, 0.4) is 0 Å². The van der Waals surface area contributed by atoms with E-state index >= 15 is 0 Å². The third kappa shape index (κ3) is 5.53. The van der Waals surface area contributed by atoms with E-state index in [1.807, 2.05) is 30.3 Å². The van der Waals surface area contributed by atoms with Crippen molar-refractivity contribution in [3.05, 3.63) is 117 Å². The van der Waals surface area contributed by atoms with Gasteiger partial charge < -0.3 is 15.2 Å². The zero-order chi connectivity index (χ0) is 24.9. The first-order valence-corrected chi connectivity index (χ1v) is 11.3. The number of ether oxygens (including phenoxy) is 1. The summed E-state index contributed by atoms with van der Waals surface area (Å²) in [6, 6.07) is 21.4. The number of hydrogen-bond acceptors (Lipinski definition) is 4. The number of allylic oxidation sites excluding steroid dienone is 1. The first-order chi connectivity index (χ1) is 16.8. The average molecular weight is 491 g/mol. The molecular formula is C27H23ClN2O5. The Morgan fingerprint density at radius 3 is 2.26 bits per heavy atom. The molecule has 1 aliphatic rings. The van der Waals surface area contributed by atoms with Gasteiger partial charge in [0, 0.05) is 10.7 Å². The van der Waals surface area contributed by atoms with E-state index in [4.69, 9.17) is 21.4 Å². The lowest BCUT2D eigenvalue weighted by atomic mass is 9.94. The topological polar surface area (TPSA) is 95.9 Å². The number of benzene rings is 3. The Morgan fingerprint density at radius 1 is 0.971 bits per heavy atom. The summed E-state index contributed by atoms with van der Waals surface area (Å²) in [6.07, 6.45) is 0. The van der Waals surface area contributed by atoms with Gasteiger partial charge in [-0.05, 0) is 47.9 Å². The second kappa shape index (κ2) is 10.4. The zero-order valence-corrected chi connectivity index (χ0v) is 19.7. The van der Waals surface area contributed by atoms with Crippen LogP contribution in [0.2, 0.25) is 5.02 Å². The summed E-state index contributed by atoms with van der Waals surface area (Å²) in [7, 11) is 0. The van der Waals surface area contributed by atoms with E-state index in [1.165, 1.54) is 17.0 Å². The number of carbonyl (C=O) groups excluding carboxylic acids is 2. The Kier molecular flexibility index (Phi) is 7.17. The minimum Gasteiger partial charge on any atom is -0.478 e. The minimum absolute atomic E-state index is 0.0917. The summed E-state index contributed by atoms with van der Waals surface area (Å²) in [4.78, 5) is 39.0. The highest BCUT2D eigenvalue weighted by Crippen LogP contribution is 2.33. The van der Waals surface area contributed by atoms with Gasteiger partial charge in [-0.2, -0.15) is 0 Å². The van der Waals surface area contributed by atoms with Crippen molar-refractivity contribution >= 4 is 29.6 Å². The van der Waals surface area contributed by atoms with Gasteiger partial charge in [-0.1, -0.05) is 66.2 Å². The fourth-order valence-corrected chi connectivity index (χ4v) is 4.00. The Balaban J connectivity index is 1.66. The zero-order valence-electron chi connectivity index (χ0n) is 18.9. The van der Waals surface area contributed by atoms with Gasteiger partial charge in [-0.15, -0.1) is 0 Å². The molecule has 0 spiro atoms. The van der Waals surface area contributed by atoms with Gasteiger partial charge >= 0.3 is 18.0 Å². The van der Waals surface area contributed by atoms with Gasteiger partial charge in [0.1, 0.15) is 6.61 Å². The number of aromatic carboxylic acids is 1. The number of rotatable bonds is 7. The van der Waals surface area contributed by atoms with E-state index in [1.54, 1.807) is 43.3 Å². The number of amides is 2. The number of nitrogens with zero attached hydrogens (tertiary/aromatic N) is 1. The van der Waals surface area contributed by atoms with Crippen molar-refractivity contribution in [3.8, 4) is 0 Å². The van der Waals surface area contributed by atoms with Crippen molar-refractivity contribution in [1.82, 2.24) is 10.2 Å². The molecule has 1 unspecified atom stereocenters. The number of hydrogen-bond donors (Lipinski definition) is 2. The van der Waals surface area contributed by atoms with Gasteiger partial charge in [-0.25, -0.2) is 14.4 Å². The summed E-state index contributed by atoms with van der Waals surface area (Å²) in [5.41, 5.74) is 3.17. The molecule has 1 heterocycles. The second-order valence-corrected chi connectivity index (χ2v) is 8.52. The molecule has 3 aromatic carbocycles. The Hall–Kier alpha value is -4.10. The quantitative estimate of drug-likeness (QED) is 0.437. The number of esters is 1. The first kappa shape index (κ1) is 24.0. The summed E-state index contributed by atoms with van der Waals surface area (Å²) < 4.78 is 5.62. The Labute approximate surface area is 207 Å². The largest absolute Gasteiger partial charge is 0.478 e. The number of carboxylic acid groups (broad SMARTS) is 1. The van der Waals surface area contributed by atoms with Crippen LogP contribution in [0.5, 0.6) is 0 Å². The number of halogens is 1. The molecule has 35 heavy (non-hydrogen) atoms. The van der Waals surface area contributed by atoms with E-state index in [-0.39, 0.29) is 24.7 Å². The van der Waals surface area contributed by atoms with Crippen molar-refractivity contribution in [2.24, 2.45) is 0 Å². The molecule has 0 saturated heterocycles. The van der Waals surface area contributed by atoms with Gasteiger partial charge in [0.15, 0.2) is 0 Å². The molecule has 4 rings (SSSR count). The summed E-state index contributed by atoms with van der Waals surface area (Å²) in [6.45, 7) is 1.95. The third-order valence-electron chi connectivity index (χ3n) is 5.77. The second-order valence-electron chi connectivity index (χ2n) is 8.08. The van der Waals surface area contributed by atoms with Gasteiger partial charge in [-0.3, -0.25) is 4.90 Å². The molecule has 2 N–H and O–H groups in total. The molecule has 0 aromatic heterocycles. The minimum atomic E-state index is -1.03. The van der Waals surface area contributed by atoms with Crippen LogP contribution in [-0.2, 0) is 22.7 Å². The van der Waals surface area contributed by atoms with E-state index in [2.05, 4.69) is 5.32 Å². The van der Waals surface area contributed by atoms with Crippen molar-refractivity contribution in [3.63, 3.8) is 0 Å². The smallest absolute Gasteiger partial charge is 0.338 e. The maximum Gasteiger partial charge on any atom is 0.338 e. The van der Waals surface area contributed by atoms with Crippen LogP contribution in [0.4, 0.5) is 4.79 Å². The molecule has 1 aliphatic heterocycles. The highest BCUT2D eigenvalue weighted by Gasteiger charge is 2.36. The highest BCUT2D eigenvalue weighted by molar-refractivity contribution is 6.30. The molecular weight excluding hydrogens is 468 g/mol. The third-order valence-corrected chi connectivity index (χ3v) is 6.03. The van der Waals surface area contributed by atoms with Crippen LogP contribution in [0, 0.1) is 0 Å². The lowest BCUT2D eigenvalue weighted by molar-refractivity contribution is -0.141.